The van der Waals surface area contributed by atoms with E-state index in [1.165, 1.54) is 13.2 Å². The number of fused-ring (bicyclic) bond motifs is 1. The van der Waals surface area contributed by atoms with Crippen LogP contribution in [0.2, 0.25) is 0 Å². The highest BCUT2D eigenvalue weighted by Crippen LogP contribution is 2.19. The van der Waals surface area contributed by atoms with Crippen LogP contribution in [0.25, 0.3) is 11.0 Å². The summed E-state index contributed by atoms with van der Waals surface area (Å²) >= 11 is 0. The number of hydrogen-bond acceptors (Lipinski definition) is 7. The number of rotatable bonds is 6. The number of benzene rings is 1. The molecule has 2 aromatic rings. The predicted molar refractivity (Wildman–Crippen MR) is 87.8 cm³/mol. The highest BCUT2D eigenvalue weighted by atomic mass is 16.5. The zero-order valence-corrected chi connectivity index (χ0v) is 14.6. The lowest BCUT2D eigenvalue weighted by atomic mass is 10.1. The minimum Gasteiger partial charge on any atom is -0.618 e. The van der Waals surface area contributed by atoms with Gasteiger partial charge >= 0.3 is 17.6 Å². The van der Waals surface area contributed by atoms with Gasteiger partial charge in [0.1, 0.15) is 17.9 Å². The van der Waals surface area contributed by atoms with Crippen molar-refractivity contribution in [1.82, 2.24) is 4.98 Å². The van der Waals surface area contributed by atoms with E-state index in [2.05, 4.69) is 9.72 Å². The highest BCUT2D eigenvalue weighted by molar-refractivity contribution is 5.88. The number of methoxy groups -OCH3 is 2. The molecule has 25 heavy (non-hydrogen) atoms. The molecule has 0 aliphatic rings. The van der Waals surface area contributed by atoms with Crippen LogP contribution in [0.3, 0.4) is 0 Å². The Kier molecular flexibility index (Phi) is 5.74. The van der Waals surface area contributed by atoms with Gasteiger partial charge in [-0.25, -0.2) is 9.78 Å². The van der Waals surface area contributed by atoms with Gasteiger partial charge in [0.05, 0.1) is 20.3 Å². The van der Waals surface area contributed by atoms with Gasteiger partial charge in [-0.3, -0.25) is 4.79 Å². The molecule has 0 spiro atoms. The molecule has 0 saturated carbocycles. The zero-order valence-electron chi connectivity index (χ0n) is 14.6. The fourth-order valence-corrected chi connectivity index (χ4v) is 2.26. The van der Waals surface area contributed by atoms with Crippen molar-refractivity contribution < 1.29 is 28.5 Å². The van der Waals surface area contributed by atoms with Crippen molar-refractivity contribution in [2.24, 2.45) is 5.92 Å². The lowest BCUT2D eigenvalue weighted by Crippen LogP contribution is -2.38. The molecule has 0 atom stereocenters. The Hall–Kier alpha value is -2.90. The van der Waals surface area contributed by atoms with E-state index in [1.54, 1.807) is 12.1 Å². The lowest BCUT2D eigenvalue weighted by molar-refractivity contribution is -0.581. The summed E-state index contributed by atoms with van der Waals surface area (Å²) in [6.45, 7) is 3.48. The molecule has 1 aromatic heterocycles. The molecular weight excluding hydrogens is 328 g/mol. The molecule has 0 unspecified atom stereocenters. The maximum Gasteiger partial charge on any atom is 0.406 e. The Morgan fingerprint density at radius 3 is 2.60 bits per heavy atom. The van der Waals surface area contributed by atoms with Crippen molar-refractivity contribution in [3.8, 4) is 5.75 Å². The summed E-state index contributed by atoms with van der Waals surface area (Å²) in [5, 5.41) is 12.6. The van der Waals surface area contributed by atoms with Crippen molar-refractivity contribution in [2.75, 3.05) is 14.2 Å². The number of esters is 2. The number of carbonyl (C=O) groups is 2. The number of aromatic nitrogens is 2. The molecule has 0 fully saturated rings. The molecular formula is C17H20N2O6. The van der Waals surface area contributed by atoms with E-state index < -0.39 is 11.9 Å². The Balaban J connectivity index is 2.46. The molecule has 2 rings (SSSR count). The van der Waals surface area contributed by atoms with Crippen LogP contribution in [0.15, 0.2) is 18.2 Å². The van der Waals surface area contributed by atoms with Crippen LogP contribution in [0, 0.1) is 11.1 Å². The first-order valence-corrected chi connectivity index (χ1v) is 7.71. The average Bonchev–Trinajstić information content (AvgIpc) is 2.58. The molecule has 0 bridgehead atoms. The van der Waals surface area contributed by atoms with Gasteiger partial charge in [-0.2, -0.15) is 4.73 Å². The van der Waals surface area contributed by atoms with Crippen molar-refractivity contribution in [1.29, 1.82) is 0 Å². The smallest absolute Gasteiger partial charge is 0.406 e. The topological polar surface area (TPSA) is 102 Å². The van der Waals surface area contributed by atoms with Gasteiger partial charge in [-0.05, 0) is 18.1 Å². The maximum absolute atomic E-state index is 12.6. The van der Waals surface area contributed by atoms with Gasteiger partial charge in [0.2, 0.25) is 5.52 Å². The van der Waals surface area contributed by atoms with E-state index in [4.69, 9.17) is 9.47 Å². The summed E-state index contributed by atoms with van der Waals surface area (Å²) < 4.78 is 15.3. The molecule has 8 nitrogen and oxygen atoms in total. The molecule has 0 aliphatic carbocycles. The molecule has 0 aliphatic heterocycles. The first kappa shape index (κ1) is 18.4. The van der Waals surface area contributed by atoms with E-state index in [0.717, 1.165) is 7.11 Å². The van der Waals surface area contributed by atoms with Gasteiger partial charge in [-0.1, -0.05) is 13.8 Å². The first-order valence-electron chi connectivity index (χ1n) is 7.71. The summed E-state index contributed by atoms with van der Waals surface area (Å²) in [5.41, 5.74) is 0.215. The zero-order chi connectivity index (χ0) is 18.6. The summed E-state index contributed by atoms with van der Waals surface area (Å²) in [6.07, 6.45) is 0.232. The van der Waals surface area contributed by atoms with Crippen molar-refractivity contribution in [3.63, 3.8) is 0 Å². The lowest BCUT2D eigenvalue weighted by Gasteiger charge is -2.12. The van der Waals surface area contributed by atoms with Gasteiger partial charge in [0, 0.05) is 6.42 Å². The second-order valence-corrected chi connectivity index (χ2v) is 5.81. The SMILES string of the molecule is COC(=O)c1c(COC(=O)CC(C)C)nc2ccc(OC)cc2[n+]1[O-]. The molecule has 0 N–H and O–H groups in total. The monoisotopic (exact) mass is 348 g/mol. The summed E-state index contributed by atoms with van der Waals surface area (Å²) in [6, 6.07) is 4.70. The second-order valence-electron chi connectivity index (χ2n) is 5.81. The third-order valence-electron chi connectivity index (χ3n) is 3.46. The number of ether oxygens (including phenoxy) is 3. The van der Waals surface area contributed by atoms with Gasteiger partial charge in [-0.15, -0.1) is 0 Å². The van der Waals surface area contributed by atoms with Crippen molar-refractivity contribution >= 4 is 23.0 Å². The van der Waals surface area contributed by atoms with Crippen LogP contribution < -0.4 is 9.47 Å². The Bertz CT molecular complexity index is 803. The Morgan fingerprint density at radius 2 is 2.00 bits per heavy atom. The van der Waals surface area contributed by atoms with Crippen LogP contribution in [0.5, 0.6) is 5.75 Å². The summed E-state index contributed by atoms with van der Waals surface area (Å²) in [5.74, 6) is -0.707. The molecule has 0 radical (unpaired) electrons. The number of hydrogen-bond donors (Lipinski definition) is 0. The molecule has 1 heterocycles. The van der Waals surface area contributed by atoms with Crippen molar-refractivity contribution in [2.45, 2.75) is 26.9 Å². The van der Waals surface area contributed by atoms with E-state index in [0.29, 0.717) is 16.0 Å². The highest BCUT2D eigenvalue weighted by Gasteiger charge is 2.28. The van der Waals surface area contributed by atoms with Gasteiger partial charge in [0.15, 0.2) is 5.69 Å². The fourth-order valence-electron chi connectivity index (χ4n) is 2.26. The third-order valence-corrected chi connectivity index (χ3v) is 3.46. The van der Waals surface area contributed by atoms with E-state index in [1.807, 2.05) is 13.8 Å². The molecule has 8 heteroatoms. The van der Waals surface area contributed by atoms with Crippen molar-refractivity contribution in [3.05, 3.63) is 34.8 Å². The van der Waals surface area contributed by atoms with E-state index >= 15 is 0 Å². The summed E-state index contributed by atoms with van der Waals surface area (Å²) in [4.78, 5) is 28.0. The van der Waals surface area contributed by atoms with Crippen LogP contribution in [0.1, 0.15) is 36.5 Å². The largest absolute Gasteiger partial charge is 0.618 e. The van der Waals surface area contributed by atoms with Crippen LogP contribution in [-0.4, -0.2) is 31.1 Å². The fraction of sp³-hybridized carbons (Fsp3) is 0.412. The molecule has 1 aromatic carbocycles. The quantitative estimate of drug-likeness (QED) is 0.445. The molecule has 134 valence electrons. The maximum atomic E-state index is 12.6. The van der Waals surface area contributed by atoms with E-state index in [9.17, 15) is 14.8 Å². The normalized spacial score (nSPS) is 10.8. The average molecular weight is 348 g/mol. The number of carbonyl (C=O) groups excluding carboxylic acids is 2. The number of nitrogens with zero attached hydrogens (tertiary/aromatic N) is 2. The standard InChI is InChI=1S/C17H20N2O6/c1-10(2)7-15(20)25-9-13-16(17(21)24-4)19(22)14-8-11(23-3)5-6-12(14)18-13/h5-6,8,10H,7,9H2,1-4H3. The van der Waals surface area contributed by atoms with Gasteiger partial charge in [0.25, 0.3) is 0 Å². The predicted octanol–water partition coefficient (Wildman–Crippen LogP) is 1.75. The van der Waals surface area contributed by atoms with E-state index in [-0.39, 0.29) is 35.9 Å². The van der Waals surface area contributed by atoms with Crippen LogP contribution in [-0.2, 0) is 20.9 Å². The van der Waals surface area contributed by atoms with Crippen LogP contribution >= 0.6 is 0 Å². The third kappa shape index (κ3) is 4.14. The Morgan fingerprint density at radius 1 is 1.28 bits per heavy atom. The molecule has 0 saturated heterocycles. The molecule has 0 amide bonds. The second kappa shape index (κ2) is 7.78. The van der Waals surface area contributed by atoms with Crippen LogP contribution in [0.4, 0.5) is 0 Å². The first-order chi connectivity index (χ1) is 11.9. The minimum atomic E-state index is -0.859. The minimum absolute atomic E-state index is 0.0385. The summed E-state index contributed by atoms with van der Waals surface area (Å²) in [7, 11) is 2.63. The Labute approximate surface area is 144 Å². The van der Waals surface area contributed by atoms with Gasteiger partial charge < -0.3 is 19.4 Å².